The van der Waals surface area contributed by atoms with Gasteiger partial charge in [0.15, 0.2) is 0 Å². The number of hydrogen-bond acceptors (Lipinski definition) is 0. The SMILES string of the molecule is C#[N+]C(C)(C)C[C@@H]1C[C@H](C)[C@H]2CC[C@H](C)[C@@]3([N+]#C)CCC(=C)[C@@H]1[C@H]23. The molecule has 0 unspecified atom stereocenters. The first kappa shape index (κ1) is 17.5. The molecular formula is C22H34N2+2. The van der Waals surface area contributed by atoms with Crippen molar-refractivity contribution in [2.24, 2.45) is 35.5 Å². The predicted molar refractivity (Wildman–Crippen MR) is 103 cm³/mol. The molecule has 3 rings (SSSR count). The molecule has 0 aromatic heterocycles. The number of rotatable bonds is 2. The molecule has 130 valence electrons. The Labute approximate surface area is 148 Å². The van der Waals surface area contributed by atoms with Crippen LogP contribution in [0.5, 0.6) is 0 Å². The predicted octanol–water partition coefficient (Wildman–Crippen LogP) is 6.10. The van der Waals surface area contributed by atoms with Crippen molar-refractivity contribution >= 4 is 0 Å². The van der Waals surface area contributed by atoms with Gasteiger partial charge >= 0.3 is 0 Å². The van der Waals surface area contributed by atoms with Gasteiger partial charge in [0, 0.05) is 32.6 Å². The monoisotopic (exact) mass is 326 g/mol. The Morgan fingerprint density at radius 3 is 2.58 bits per heavy atom. The number of nitrogens with zero attached hydrogens (tertiary/aromatic N) is 2. The van der Waals surface area contributed by atoms with Gasteiger partial charge in [-0.1, -0.05) is 35.7 Å². The molecular weight excluding hydrogens is 292 g/mol. The van der Waals surface area contributed by atoms with E-state index in [9.17, 15) is 0 Å². The summed E-state index contributed by atoms with van der Waals surface area (Å²) in [7, 11) is 0. The topological polar surface area (TPSA) is 8.72 Å². The molecule has 3 aliphatic rings. The van der Waals surface area contributed by atoms with Crippen LogP contribution in [0, 0.1) is 48.7 Å². The molecule has 2 heteroatoms. The van der Waals surface area contributed by atoms with Gasteiger partial charge < -0.3 is 0 Å². The molecule has 0 heterocycles. The molecule has 0 aromatic rings. The van der Waals surface area contributed by atoms with Crippen molar-refractivity contribution in [3.8, 4) is 13.1 Å². The highest BCUT2D eigenvalue weighted by Crippen LogP contribution is 2.63. The zero-order valence-electron chi connectivity index (χ0n) is 16.0. The molecule has 0 radical (unpaired) electrons. The van der Waals surface area contributed by atoms with E-state index in [1.807, 2.05) is 0 Å². The van der Waals surface area contributed by atoms with Crippen LogP contribution in [-0.2, 0) is 0 Å². The van der Waals surface area contributed by atoms with Gasteiger partial charge in [-0.05, 0) is 49.4 Å². The Balaban J connectivity index is 2.03. The average molecular weight is 327 g/mol. The molecule has 7 atom stereocenters. The maximum atomic E-state index is 6.09. The minimum absolute atomic E-state index is 0.0360. The largest absolute Gasteiger partial charge is 0.287 e. The Kier molecular flexibility index (Phi) is 4.32. The summed E-state index contributed by atoms with van der Waals surface area (Å²) in [6, 6.07) is 0. The molecule has 0 saturated heterocycles. The molecule has 2 nitrogen and oxygen atoms in total. The Bertz CT molecular complexity index is 604. The molecule has 3 saturated carbocycles. The fourth-order valence-corrected chi connectivity index (χ4v) is 6.59. The molecule has 0 bridgehead atoms. The van der Waals surface area contributed by atoms with Gasteiger partial charge in [-0.3, -0.25) is 0 Å². The molecule has 0 aromatic carbocycles. The number of allylic oxidation sites excluding steroid dienone is 1. The summed E-state index contributed by atoms with van der Waals surface area (Å²) in [6.45, 7) is 25.4. The Hall–Kier alpha value is -1.28. The van der Waals surface area contributed by atoms with E-state index in [1.54, 1.807) is 0 Å². The van der Waals surface area contributed by atoms with Crippen molar-refractivity contribution in [1.82, 2.24) is 0 Å². The average Bonchev–Trinajstić information content (AvgIpc) is 2.54. The first-order valence-corrected chi connectivity index (χ1v) is 9.77. The van der Waals surface area contributed by atoms with Crippen LogP contribution in [0.4, 0.5) is 0 Å². The second-order valence-corrected chi connectivity index (χ2v) is 9.59. The van der Waals surface area contributed by atoms with E-state index in [-0.39, 0.29) is 11.1 Å². The van der Waals surface area contributed by atoms with Gasteiger partial charge in [-0.2, -0.15) is 0 Å². The summed E-state index contributed by atoms with van der Waals surface area (Å²) in [4.78, 5) is 8.74. The van der Waals surface area contributed by atoms with Crippen molar-refractivity contribution < 1.29 is 0 Å². The standard InChI is InChI=1S/C22H34N2/c1-14-10-11-22(24-7)16(3)8-9-18-15(2)12-17(19(14)20(18)22)13-21(4,5)23-6/h6-7,15-20H,1,8-13H2,2-5H3/q+2/t15-,16-,17-,18+,19-,20-,22-/m0/s1. The van der Waals surface area contributed by atoms with Crippen molar-refractivity contribution in [3.63, 3.8) is 0 Å². The van der Waals surface area contributed by atoms with Crippen LogP contribution in [0.1, 0.15) is 66.2 Å². The first-order valence-electron chi connectivity index (χ1n) is 9.77. The van der Waals surface area contributed by atoms with Crippen LogP contribution in [0.15, 0.2) is 12.2 Å². The molecule has 3 fully saturated rings. The summed E-state index contributed by atoms with van der Waals surface area (Å²) in [5.74, 6) is 3.75. The second kappa shape index (κ2) is 5.91. The van der Waals surface area contributed by atoms with E-state index < -0.39 is 0 Å². The zero-order valence-corrected chi connectivity index (χ0v) is 16.0. The first-order chi connectivity index (χ1) is 11.3. The fraction of sp³-hybridized carbons (Fsp3) is 0.818. The fourth-order valence-electron chi connectivity index (χ4n) is 6.59. The number of hydrogen-bond donors (Lipinski definition) is 0. The quantitative estimate of drug-likeness (QED) is 0.542. The third-order valence-corrected chi connectivity index (χ3v) is 7.79. The van der Waals surface area contributed by atoms with E-state index in [2.05, 4.69) is 44.0 Å². The zero-order chi connectivity index (χ0) is 17.7. The molecule has 0 aliphatic heterocycles. The van der Waals surface area contributed by atoms with Crippen molar-refractivity contribution in [3.05, 3.63) is 21.8 Å². The van der Waals surface area contributed by atoms with Crippen molar-refractivity contribution in [2.45, 2.75) is 77.3 Å². The minimum Gasteiger partial charge on any atom is -0.0995 e. The molecule has 0 amide bonds. The van der Waals surface area contributed by atoms with Crippen molar-refractivity contribution in [2.75, 3.05) is 0 Å². The van der Waals surface area contributed by atoms with Crippen LogP contribution in [0.3, 0.4) is 0 Å². The van der Waals surface area contributed by atoms with Crippen LogP contribution in [-0.4, -0.2) is 11.1 Å². The van der Waals surface area contributed by atoms with E-state index in [0.29, 0.717) is 23.7 Å². The van der Waals surface area contributed by atoms with Gasteiger partial charge in [0.2, 0.25) is 0 Å². The third-order valence-electron chi connectivity index (χ3n) is 7.79. The van der Waals surface area contributed by atoms with E-state index in [0.717, 1.165) is 31.1 Å². The maximum absolute atomic E-state index is 6.09. The van der Waals surface area contributed by atoms with Gasteiger partial charge in [0.25, 0.3) is 24.2 Å². The van der Waals surface area contributed by atoms with Gasteiger partial charge in [0.1, 0.15) is 0 Å². The lowest BCUT2D eigenvalue weighted by Crippen LogP contribution is -2.59. The molecule has 24 heavy (non-hydrogen) atoms. The normalized spacial score (nSPS) is 45.0. The highest BCUT2D eigenvalue weighted by molar-refractivity contribution is 5.26. The van der Waals surface area contributed by atoms with Crippen molar-refractivity contribution in [1.29, 1.82) is 0 Å². The Morgan fingerprint density at radius 2 is 1.96 bits per heavy atom. The third kappa shape index (κ3) is 2.50. The maximum Gasteiger partial charge on any atom is 0.287 e. The Morgan fingerprint density at radius 1 is 1.25 bits per heavy atom. The van der Waals surface area contributed by atoms with Gasteiger partial charge in [-0.25, -0.2) is 0 Å². The molecule has 0 spiro atoms. The van der Waals surface area contributed by atoms with Crippen LogP contribution in [0.25, 0.3) is 9.69 Å². The summed E-state index contributed by atoms with van der Waals surface area (Å²) in [5, 5.41) is 0. The van der Waals surface area contributed by atoms with Crippen LogP contribution < -0.4 is 0 Å². The van der Waals surface area contributed by atoms with E-state index in [4.69, 9.17) is 13.1 Å². The van der Waals surface area contributed by atoms with E-state index in [1.165, 1.54) is 24.8 Å². The summed E-state index contributed by atoms with van der Waals surface area (Å²) < 4.78 is 0. The molecule has 0 N–H and O–H groups in total. The van der Waals surface area contributed by atoms with E-state index >= 15 is 0 Å². The smallest absolute Gasteiger partial charge is 0.0995 e. The highest BCUT2D eigenvalue weighted by atomic mass is 14.9. The summed E-state index contributed by atoms with van der Waals surface area (Å²) >= 11 is 0. The summed E-state index contributed by atoms with van der Waals surface area (Å²) in [6.07, 6.45) is 7.05. The van der Waals surface area contributed by atoms with Crippen LogP contribution >= 0.6 is 0 Å². The lowest BCUT2D eigenvalue weighted by Gasteiger charge is -2.56. The minimum atomic E-state index is -0.169. The highest BCUT2D eigenvalue weighted by Gasteiger charge is 2.66. The lowest BCUT2D eigenvalue weighted by molar-refractivity contribution is -0.0535. The lowest BCUT2D eigenvalue weighted by atomic mass is 9.45. The summed E-state index contributed by atoms with van der Waals surface area (Å²) in [5.41, 5.74) is 1.23. The molecule has 3 aliphatic carbocycles. The van der Waals surface area contributed by atoms with Gasteiger partial charge in [-0.15, -0.1) is 0 Å². The van der Waals surface area contributed by atoms with Crippen LogP contribution in [0.2, 0.25) is 0 Å². The van der Waals surface area contributed by atoms with Gasteiger partial charge in [0.05, 0.1) is 5.92 Å². The second-order valence-electron chi connectivity index (χ2n) is 9.59.